The van der Waals surface area contributed by atoms with Crippen LogP contribution in [0.5, 0.6) is 0 Å². The molecule has 25 heavy (non-hydrogen) atoms. The second-order valence-corrected chi connectivity index (χ2v) is 8.44. The Morgan fingerprint density at radius 2 is 1.68 bits per heavy atom. The first-order chi connectivity index (χ1) is 11.9. The number of benzene rings is 1. The molecule has 0 heterocycles. The van der Waals surface area contributed by atoms with Gasteiger partial charge in [-0.1, -0.05) is 6.07 Å². The molecule has 4 bridgehead atoms. The number of anilines is 1. The summed E-state index contributed by atoms with van der Waals surface area (Å²) in [5.41, 5.74) is 0.450. The molecular formula is C20H25FN2O2. The lowest BCUT2D eigenvalue weighted by Crippen LogP contribution is -2.57. The number of rotatable bonds is 3. The first-order valence-electron chi connectivity index (χ1n) is 9.31. The summed E-state index contributed by atoms with van der Waals surface area (Å²) < 4.78 is 13.2. The van der Waals surface area contributed by atoms with Gasteiger partial charge in [-0.2, -0.15) is 0 Å². The highest BCUT2D eigenvalue weighted by atomic mass is 19.1. The smallest absolute Gasteiger partial charge is 0.313 e. The van der Waals surface area contributed by atoms with Gasteiger partial charge >= 0.3 is 11.8 Å². The van der Waals surface area contributed by atoms with E-state index in [-0.39, 0.29) is 11.5 Å². The normalized spacial score (nSPS) is 33.8. The fraction of sp³-hybridized carbons (Fsp3) is 0.600. The van der Waals surface area contributed by atoms with Crippen molar-refractivity contribution in [1.29, 1.82) is 0 Å². The van der Waals surface area contributed by atoms with Crippen molar-refractivity contribution in [3.05, 3.63) is 30.1 Å². The monoisotopic (exact) mass is 344 g/mol. The van der Waals surface area contributed by atoms with Crippen LogP contribution in [-0.2, 0) is 9.59 Å². The minimum atomic E-state index is -0.734. The second kappa shape index (κ2) is 6.11. The summed E-state index contributed by atoms with van der Waals surface area (Å²) in [5.74, 6) is 0.583. The molecule has 0 aliphatic heterocycles. The summed E-state index contributed by atoms with van der Waals surface area (Å²) in [5, 5.41) is 5.40. The van der Waals surface area contributed by atoms with E-state index in [1.807, 2.05) is 6.92 Å². The zero-order chi connectivity index (χ0) is 17.6. The average Bonchev–Trinajstić information content (AvgIpc) is 2.53. The van der Waals surface area contributed by atoms with Gasteiger partial charge < -0.3 is 10.6 Å². The lowest BCUT2D eigenvalue weighted by molar-refractivity contribution is -0.138. The Kier molecular flexibility index (Phi) is 4.05. The van der Waals surface area contributed by atoms with Crippen LogP contribution in [0, 0.1) is 29.0 Å². The van der Waals surface area contributed by atoms with Crippen molar-refractivity contribution in [3.63, 3.8) is 0 Å². The summed E-state index contributed by atoms with van der Waals surface area (Å²) in [4.78, 5) is 24.5. The van der Waals surface area contributed by atoms with E-state index in [0.29, 0.717) is 5.69 Å². The predicted octanol–water partition coefficient (Wildman–Crippen LogP) is 3.49. The molecule has 0 saturated heterocycles. The summed E-state index contributed by atoms with van der Waals surface area (Å²) in [7, 11) is 0. The Hall–Kier alpha value is -1.91. The molecule has 1 atom stereocenters. The molecule has 2 amide bonds. The third kappa shape index (κ3) is 3.16. The fourth-order valence-corrected chi connectivity index (χ4v) is 5.88. The second-order valence-electron chi connectivity index (χ2n) is 8.44. The summed E-state index contributed by atoms with van der Waals surface area (Å²) in [6, 6.07) is 5.56. The minimum absolute atomic E-state index is 0.00772. The molecule has 4 nitrogen and oxygen atoms in total. The molecule has 4 saturated carbocycles. The molecule has 2 N–H and O–H groups in total. The lowest BCUT2D eigenvalue weighted by Gasteiger charge is -2.59. The van der Waals surface area contributed by atoms with Gasteiger partial charge in [-0.05, 0) is 86.8 Å². The van der Waals surface area contributed by atoms with E-state index >= 15 is 0 Å². The van der Waals surface area contributed by atoms with Crippen LogP contribution in [0.1, 0.15) is 45.4 Å². The molecule has 0 radical (unpaired) electrons. The van der Waals surface area contributed by atoms with Gasteiger partial charge in [-0.3, -0.25) is 9.59 Å². The van der Waals surface area contributed by atoms with Crippen molar-refractivity contribution in [3.8, 4) is 0 Å². The van der Waals surface area contributed by atoms with Crippen LogP contribution in [-0.4, -0.2) is 17.9 Å². The van der Waals surface area contributed by atoms with Crippen molar-refractivity contribution in [2.75, 3.05) is 5.32 Å². The summed E-state index contributed by atoms with van der Waals surface area (Å²) in [6.45, 7) is 2.04. The van der Waals surface area contributed by atoms with Crippen LogP contribution < -0.4 is 10.6 Å². The van der Waals surface area contributed by atoms with Crippen molar-refractivity contribution < 1.29 is 14.0 Å². The average molecular weight is 344 g/mol. The van der Waals surface area contributed by atoms with Gasteiger partial charge in [0.15, 0.2) is 0 Å². The van der Waals surface area contributed by atoms with E-state index in [9.17, 15) is 14.0 Å². The van der Waals surface area contributed by atoms with Gasteiger partial charge in [-0.25, -0.2) is 4.39 Å². The van der Waals surface area contributed by atoms with E-state index in [1.165, 1.54) is 56.7 Å². The molecule has 134 valence electrons. The molecule has 1 aromatic carbocycles. The molecule has 5 rings (SSSR count). The Bertz CT molecular complexity index is 667. The van der Waals surface area contributed by atoms with Gasteiger partial charge in [0, 0.05) is 11.7 Å². The molecule has 4 aliphatic carbocycles. The summed E-state index contributed by atoms with van der Waals surface area (Å²) >= 11 is 0. The molecule has 0 spiro atoms. The van der Waals surface area contributed by atoms with Gasteiger partial charge in [0.2, 0.25) is 0 Å². The zero-order valence-corrected chi connectivity index (χ0v) is 14.6. The maximum atomic E-state index is 13.2. The van der Waals surface area contributed by atoms with Gasteiger partial charge in [0.05, 0.1) is 0 Å². The molecule has 5 heteroatoms. The van der Waals surface area contributed by atoms with Gasteiger partial charge in [0.1, 0.15) is 5.82 Å². The molecule has 4 fully saturated rings. The van der Waals surface area contributed by atoms with Crippen molar-refractivity contribution in [2.45, 2.75) is 51.5 Å². The van der Waals surface area contributed by atoms with Crippen LogP contribution in [0.25, 0.3) is 0 Å². The topological polar surface area (TPSA) is 58.2 Å². The van der Waals surface area contributed by atoms with E-state index < -0.39 is 17.6 Å². The number of carbonyl (C=O) groups excluding carboxylic acids is 2. The number of amides is 2. The fourth-order valence-electron chi connectivity index (χ4n) is 5.88. The van der Waals surface area contributed by atoms with Crippen LogP contribution in [0.15, 0.2) is 24.3 Å². The number of carbonyl (C=O) groups is 2. The van der Waals surface area contributed by atoms with Crippen LogP contribution in [0.2, 0.25) is 0 Å². The third-order valence-electron chi connectivity index (χ3n) is 6.64. The maximum absolute atomic E-state index is 13.2. The first kappa shape index (κ1) is 16.6. The van der Waals surface area contributed by atoms with E-state index in [4.69, 9.17) is 0 Å². The quantitative estimate of drug-likeness (QED) is 0.825. The molecule has 1 aromatic rings. The van der Waals surface area contributed by atoms with Crippen LogP contribution in [0.3, 0.4) is 0 Å². The Morgan fingerprint density at radius 1 is 1.08 bits per heavy atom. The van der Waals surface area contributed by atoms with Crippen molar-refractivity contribution in [1.82, 2.24) is 5.32 Å². The summed E-state index contributed by atoms with van der Waals surface area (Å²) in [6.07, 6.45) is 7.56. The highest BCUT2D eigenvalue weighted by Crippen LogP contribution is 2.61. The highest BCUT2D eigenvalue weighted by molar-refractivity contribution is 6.39. The standard InChI is InChI=1S/C20H25FN2O2/c1-12(20-9-13-5-14(10-20)7-15(6-13)11-20)22-18(24)19(25)23-17-4-2-3-16(21)8-17/h2-4,8,12-15H,5-7,9-11H2,1H3,(H,22,24)(H,23,25). The number of halogens is 1. The van der Waals surface area contributed by atoms with E-state index in [1.54, 1.807) is 6.07 Å². The molecule has 4 aliphatic rings. The molecule has 0 aromatic heterocycles. The predicted molar refractivity (Wildman–Crippen MR) is 93.2 cm³/mol. The Labute approximate surface area is 147 Å². The van der Waals surface area contributed by atoms with Crippen molar-refractivity contribution >= 4 is 17.5 Å². The van der Waals surface area contributed by atoms with E-state index in [2.05, 4.69) is 10.6 Å². The Morgan fingerprint density at radius 3 is 2.24 bits per heavy atom. The largest absolute Gasteiger partial charge is 0.345 e. The lowest BCUT2D eigenvalue weighted by atomic mass is 9.48. The van der Waals surface area contributed by atoms with Crippen LogP contribution >= 0.6 is 0 Å². The SMILES string of the molecule is CC(NC(=O)C(=O)Nc1cccc(F)c1)C12CC3CC(CC(C3)C1)C2. The van der Waals surface area contributed by atoms with E-state index in [0.717, 1.165) is 17.8 Å². The Balaban J connectivity index is 1.39. The maximum Gasteiger partial charge on any atom is 0.313 e. The number of hydrogen-bond donors (Lipinski definition) is 2. The van der Waals surface area contributed by atoms with Crippen molar-refractivity contribution in [2.24, 2.45) is 23.2 Å². The number of nitrogens with one attached hydrogen (secondary N) is 2. The first-order valence-corrected chi connectivity index (χ1v) is 9.31. The zero-order valence-electron chi connectivity index (χ0n) is 14.6. The molecular weight excluding hydrogens is 319 g/mol. The third-order valence-corrected chi connectivity index (χ3v) is 6.64. The minimum Gasteiger partial charge on any atom is -0.345 e. The van der Waals surface area contributed by atoms with Gasteiger partial charge in [0.25, 0.3) is 0 Å². The molecule has 1 unspecified atom stereocenters. The highest BCUT2D eigenvalue weighted by Gasteiger charge is 2.53. The van der Waals surface area contributed by atoms with Gasteiger partial charge in [-0.15, -0.1) is 0 Å². The van der Waals surface area contributed by atoms with Crippen LogP contribution in [0.4, 0.5) is 10.1 Å². The number of hydrogen-bond acceptors (Lipinski definition) is 2.